The Morgan fingerprint density at radius 3 is 2.28 bits per heavy atom. The highest BCUT2D eigenvalue weighted by Gasteiger charge is 2.22. The van der Waals surface area contributed by atoms with Crippen molar-refractivity contribution in [2.75, 3.05) is 5.32 Å². The molecule has 0 fully saturated rings. The van der Waals surface area contributed by atoms with Crippen molar-refractivity contribution in [3.05, 3.63) is 59.7 Å². The fraction of sp³-hybridized carbons (Fsp3) is 0.278. The molecule has 2 aromatic rings. The number of rotatable bonds is 6. The van der Waals surface area contributed by atoms with E-state index in [1.807, 2.05) is 0 Å². The second kappa shape index (κ2) is 7.25. The zero-order valence-corrected chi connectivity index (χ0v) is 15.2. The molecule has 0 radical (unpaired) electrons. The minimum Gasteiger partial charge on any atom is -0.478 e. The quantitative estimate of drug-likeness (QED) is 0.734. The second-order valence-electron chi connectivity index (χ2n) is 6.74. The van der Waals surface area contributed by atoms with Crippen LogP contribution in [0.5, 0.6) is 0 Å². The van der Waals surface area contributed by atoms with Crippen molar-refractivity contribution in [1.82, 2.24) is 4.72 Å². The molecule has 0 unspecified atom stereocenters. The molecule has 0 heterocycles. The van der Waals surface area contributed by atoms with Crippen molar-refractivity contribution in [3.63, 3.8) is 0 Å². The minimum atomic E-state index is -3.59. The first-order valence-electron chi connectivity index (χ1n) is 7.77. The summed E-state index contributed by atoms with van der Waals surface area (Å²) in [6.07, 6.45) is 0. The van der Waals surface area contributed by atoms with E-state index >= 15 is 0 Å². The fourth-order valence-electron chi connectivity index (χ4n) is 2.20. The van der Waals surface area contributed by atoms with E-state index in [1.165, 1.54) is 12.1 Å². The summed E-state index contributed by atoms with van der Waals surface area (Å²) in [5, 5.41) is 12.0. The van der Waals surface area contributed by atoms with Crippen LogP contribution in [0.1, 0.15) is 36.7 Å². The Morgan fingerprint density at radius 1 is 1.08 bits per heavy atom. The van der Waals surface area contributed by atoms with Crippen molar-refractivity contribution >= 4 is 21.7 Å². The van der Waals surface area contributed by atoms with Gasteiger partial charge in [-0.3, -0.25) is 0 Å². The van der Waals surface area contributed by atoms with Gasteiger partial charge in [-0.05, 0) is 56.7 Å². The molecule has 6 nitrogen and oxygen atoms in total. The van der Waals surface area contributed by atoms with Gasteiger partial charge in [0.25, 0.3) is 0 Å². The Bertz CT molecular complexity index is 853. The lowest BCUT2D eigenvalue weighted by Crippen LogP contribution is -2.40. The summed E-state index contributed by atoms with van der Waals surface area (Å²) >= 11 is 0. The van der Waals surface area contributed by atoms with E-state index < -0.39 is 21.5 Å². The third-order valence-corrected chi connectivity index (χ3v) is 5.04. The van der Waals surface area contributed by atoms with E-state index in [1.54, 1.807) is 57.2 Å². The maximum Gasteiger partial charge on any atom is 0.335 e. The van der Waals surface area contributed by atoms with Gasteiger partial charge < -0.3 is 10.4 Å². The predicted molar refractivity (Wildman–Crippen MR) is 97.2 cm³/mol. The number of carboxylic acid groups (broad SMARTS) is 1. The van der Waals surface area contributed by atoms with E-state index in [9.17, 15) is 13.2 Å². The molecule has 0 aliphatic carbocycles. The summed E-state index contributed by atoms with van der Waals surface area (Å²) in [4.78, 5) is 11.0. The number of aromatic carboxylic acids is 1. The van der Waals surface area contributed by atoms with Gasteiger partial charge in [0.05, 0.1) is 10.5 Å². The number of carbonyl (C=O) groups is 1. The fourth-order valence-corrected chi connectivity index (χ4v) is 3.67. The summed E-state index contributed by atoms with van der Waals surface area (Å²) in [5.74, 6) is -0.969. The summed E-state index contributed by atoms with van der Waals surface area (Å²) in [6, 6.07) is 13.1. The van der Waals surface area contributed by atoms with Crippen LogP contribution in [0.15, 0.2) is 53.4 Å². The Morgan fingerprint density at radius 2 is 1.72 bits per heavy atom. The summed E-state index contributed by atoms with van der Waals surface area (Å²) in [6.45, 7) is 5.81. The van der Waals surface area contributed by atoms with Gasteiger partial charge in [-0.2, -0.15) is 0 Å². The number of benzene rings is 2. The molecule has 0 aliphatic rings. The highest BCUT2D eigenvalue weighted by molar-refractivity contribution is 7.89. The average molecular weight is 362 g/mol. The van der Waals surface area contributed by atoms with Crippen LogP contribution in [0.3, 0.4) is 0 Å². The first-order valence-corrected chi connectivity index (χ1v) is 9.25. The molecular weight excluding hydrogens is 340 g/mol. The largest absolute Gasteiger partial charge is 0.478 e. The van der Waals surface area contributed by atoms with Crippen LogP contribution < -0.4 is 10.0 Å². The molecule has 0 bridgehead atoms. The second-order valence-corrected chi connectivity index (χ2v) is 8.42. The number of hydrogen-bond acceptors (Lipinski definition) is 4. The molecule has 0 aromatic heterocycles. The average Bonchev–Trinajstić information content (AvgIpc) is 2.51. The van der Waals surface area contributed by atoms with Gasteiger partial charge >= 0.3 is 5.97 Å². The van der Waals surface area contributed by atoms with Gasteiger partial charge in [0.1, 0.15) is 0 Å². The SMILES string of the molecule is CC(C)(C)NS(=O)(=O)c1cccc(NCc2ccc(C(=O)O)cc2)c1. The van der Waals surface area contributed by atoms with Crippen LogP contribution in [0, 0.1) is 0 Å². The monoisotopic (exact) mass is 362 g/mol. The predicted octanol–water partition coefficient (Wildman–Crippen LogP) is 3.07. The summed E-state index contributed by atoms with van der Waals surface area (Å²) in [7, 11) is -3.59. The zero-order chi connectivity index (χ0) is 18.7. The van der Waals surface area contributed by atoms with Crippen LogP contribution in [-0.2, 0) is 16.6 Å². The van der Waals surface area contributed by atoms with E-state index in [-0.39, 0.29) is 10.5 Å². The lowest BCUT2D eigenvalue weighted by Gasteiger charge is -2.20. The van der Waals surface area contributed by atoms with Crippen LogP contribution in [0.2, 0.25) is 0 Å². The van der Waals surface area contributed by atoms with Crippen LogP contribution in [-0.4, -0.2) is 25.0 Å². The van der Waals surface area contributed by atoms with Gasteiger partial charge in [-0.1, -0.05) is 18.2 Å². The molecule has 2 rings (SSSR count). The highest BCUT2D eigenvalue weighted by atomic mass is 32.2. The topological polar surface area (TPSA) is 95.5 Å². The Kier molecular flexibility index (Phi) is 5.49. The highest BCUT2D eigenvalue weighted by Crippen LogP contribution is 2.18. The zero-order valence-electron chi connectivity index (χ0n) is 14.4. The number of hydrogen-bond donors (Lipinski definition) is 3. The van der Waals surface area contributed by atoms with Crippen LogP contribution in [0.25, 0.3) is 0 Å². The smallest absolute Gasteiger partial charge is 0.335 e. The molecule has 0 amide bonds. The van der Waals surface area contributed by atoms with Crippen molar-refractivity contribution in [2.45, 2.75) is 37.8 Å². The Balaban J connectivity index is 2.10. The Labute approximate surface area is 147 Å². The van der Waals surface area contributed by atoms with Crippen LogP contribution >= 0.6 is 0 Å². The van der Waals surface area contributed by atoms with Crippen molar-refractivity contribution in [2.24, 2.45) is 0 Å². The van der Waals surface area contributed by atoms with Gasteiger partial charge in [-0.25, -0.2) is 17.9 Å². The van der Waals surface area contributed by atoms with E-state index in [4.69, 9.17) is 5.11 Å². The first-order chi connectivity index (χ1) is 11.6. The number of sulfonamides is 1. The molecule has 3 N–H and O–H groups in total. The van der Waals surface area contributed by atoms with Gasteiger partial charge in [0.2, 0.25) is 10.0 Å². The molecule has 0 spiro atoms. The third-order valence-electron chi connectivity index (χ3n) is 3.28. The number of carboxylic acids is 1. The minimum absolute atomic E-state index is 0.189. The van der Waals surface area contributed by atoms with E-state index in [0.717, 1.165) is 5.56 Å². The molecule has 0 atom stereocenters. The molecule has 2 aromatic carbocycles. The molecule has 25 heavy (non-hydrogen) atoms. The molecule has 0 saturated carbocycles. The normalized spacial score (nSPS) is 12.0. The Hall–Kier alpha value is -2.38. The van der Waals surface area contributed by atoms with Crippen LogP contribution in [0.4, 0.5) is 5.69 Å². The van der Waals surface area contributed by atoms with E-state index in [2.05, 4.69) is 10.0 Å². The lowest BCUT2D eigenvalue weighted by atomic mass is 10.1. The van der Waals surface area contributed by atoms with Gasteiger partial charge in [-0.15, -0.1) is 0 Å². The molecule has 0 saturated heterocycles. The molecule has 0 aliphatic heterocycles. The van der Waals surface area contributed by atoms with Crippen molar-refractivity contribution in [3.8, 4) is 0 Å². The lowest BCUT2D eigenvalue weighted by molar-refractivity contribution is 0.0697. The first kappa shape index (κ1) is 19.0. The maximum atomic E-state index is 12.4. The number of nitrogens with one attached hydrogen (secondary N) is 2. The van der Waals surface area contributed by atoms with Gasteiger partial charge in [0, 0.05) is 17.8 Å². The summed E-state index contributed by atoms with van der Waals surface area (Å²) < 4.78 is 27.4. The van der Waals surface area contributed by atoms with Crippen molar-refractivity contribution < 1.29 is 18.3 Å². The van der Waals surface area contributed by atoms with E-state index in [0.29, 0.717) is 12.2 Å². The summed E-state index contributed by atoms with van der Waals surface area (Å²) in [5.41, 5.74) is 1.23. The molecule has 134 valence electrons. The third kappa shape index (κ3) is 5.58. The molecular formula is C18H22N2O4S. The maximum absolute atomic E-state index is 12.4. The van der Waals surface area contributed by atoms with Gasteiger partial charge in [0.15, 0.2) is 0 Å². The molecule has 7 heteroatoms. The number of anilines is 1. The standard InChI is InChI=1S/C18H22N2O4S/c1-18(2,3)20-25(23,24)16-6-4-5-15(11-16)19-12-13-7-9-14(10-8-13)17(21)22/h4-11,19-20H,12H2,1-3H3,(H,21,22). The van der Waals surface area contributed by atoms with Crippen molar-refractivity contribution in [1.29, 1.82) is 0 Å².